The molecule has 0 unspecified atom stereocenters. The largest absolute Gasteiger partial charge is 0.298 e. The first kappa shape index (κ1) is 21.0. The molecule has 3 nitrogen and oxygen atoms in total. The van der Waals surface area contributed by atoms with Crippen molar-refractivity contribution in [2.75, 3.05) is 0 Å². The maximum atomic E-state index is 10.1. The lowest BCUT2D eigenvalue weighted by Gasteiger charge is -1.89. The van der Waals surface area contributed by atoms with Crippen molar-refractivity contribution < 1.29 is 14.4 Å². The van der Waals surface area contributed by atoms with Crippen molar-refractivity contribution in [2.24, 2.45) is 0 Å². The molecule has 0 saturated heterocycles. The van der Waals surface area contributed by atoms with E-state index in [1.807, 2.05) is 49.4 Å². The zero-order valence-electron chi connectivity index (χ0n) is 14.3. The van der Waals surface area contributed by atoms with Crippen LogP contribution in [0.25, 0.3) is 0 Å². The van der Waals surface area contributed by atoms with E-state index in [4.69, 9.17) is 11.6 Å². The van der Waals surface area contributed by atoms with Crippen LogP contribution in [0.1, 0.15) is 36.6 Å². The van der Waals surface area contributed by atoms with E-state index >= 15 is 0 Å². The van der Waals surface area contributed by atoms with Gasteiger partial charge in [0.05, 0.1) is 0 Å². The number of carbonyl (C=O) groups excluding carboxylic acids is 3. The SMILES string of the molecule is Cc1ccc(C=O)cc1.O=Cc1ccc(Cl)cc1.O=Cc1ccccc1. The molecule has 0 aliphatic heterocycles. The second-order valence-electron chi connectivity index (χ2n) is 5.23. The maximum Gasteiger partial charge on any atom is 0.150 e. The molecular weight excluding hydrogens is 348 g/mol. The fourth-order valence-electron chi connectivity index (χ4n) is 1.72. The number of aldehydes is 3. The normalized spacial score (nSPS) is 8.85. The third-order valence-electron chi connectivity index (χ3n) is 3.16. The number of benzene rings is 3. The molecule has 0 N–H and O–H groups in total. The number of halogens is 1. The molecule has 132 valence electrons. The first-order valence-electron chi connectivity index (χ1n) is 7.82. The van der Waals surface area contributed by atoms with Gasteiger partial charge in [-0.1, -0.05) is 83.9 Å². The lowest BCUT2D eigenvalue weighted by atomic mass is 10.2. The number of aryl methyl sites for hydroxylation is 1. The molecule has 0 aromatic heterocycles. The molecule has 3 rings (SSSR count). The predicted molar refractivity (Wildman–Crippen MR) is 105 cm³/mol. The van der Waals surface area contributed by atoms with Gasteiger partial charge in [0.1, 0.15) is 18.9 Å². The van der Waals surface area contributed by atoms with E-state index in [0.29, 0.717) is 10.6 Å². The van der Waals surface area contributed by atoms with Crippen LogP contribution >= 0.6 is 11.6 Å². The Bertz CT molecular complexity index is 746. The predicted octanol–water partition coefficient (Wildman–Crippen LogP) is 5.46. The van der Waals surface area contributed by atoms with E-state index in [0.717, 1.165) is 30.0 Å². The lowest BCUT2D eigenvalue weighted by Crippen LogP contribution is -1.77. The van der Waals surface area contributed by atoms with Gasteiger partial charge in [-0.05, 0) is 19.1 Å². The standard InChI is InChI=1S/C8H8O.C7H5ClO.C7H6O/c1-7-2-4-8(6-9)5-3-7;8-7-3-1-6(5-9)2-4-7;8-6-7-4-2-1-3-5-7/h2-6H,1H3;1-5H;1-6H. The Morgan fingerprint density at radius 1 is 0.577 bits per heavy atom. The summed E-state index contributed by atoms with van der Waals surface area (Å²) in [5.41, 5.74) is 3.30. The third-order valence-corrected chi connectivity index (χ3v) is 3.41. The van der Waals surface area contributed by atoms with Crippen molar-refractivity contribution >= 4 is 30.5 Å². The van der Waals surface area contributed by atoms with E-state index in [2.05, 4.69) is 0 Å². The first-order valence-corrected chi connectivity index (χ1v) is 8.19. The smallest absolute Gasteiger partial charge is 0.150 e. The van der Waals surface area contributed by atoms with Gasteiger partial charge in [-0.3, -0.25) is 14.4 Å². The Kier molecular flexibility index (Phi) is 9.97. The van der Waals surface area contributed by atoms with Crippen LogP contribution in [-0.2, 0) is 0 Å². The molecule has 0 heterocycles. The van der Waals surface area contributed by atoms with Gasteiger partial charge in [0.2, 0.25) is 0 Å². The van der Waals surface area contributed by atoms with Crippen LogP contribution in [0, 0.1) is 6.92 Å². The summed E-state index contributed by atoms with van der Waals surface area (Å²) in [5.74, 6) is 0. The third kappa shape index (κ3) is 8.71. The van der Waals surface area contributed by atoms with Crippen LogP contribution in [0.2, 0.25) is 5.02 Å². The molecule has 0 radical (unpaired) electrons. The Hall–Kier alpha value is -3.04. The highest BCUT2D eigenvalue weighted by Gasteiger charge is 1.87. The van der Waals surface area contributed by atoms with Crippen LogP contribution in [0.5, 0.6) is 0 Å². The average Bonchev–Trinajstić information content (AvgIpc) is 2.71. The minimum Gasteiger partial charge on any atom is -0.298 e. The molecule has 26 heavy (non-hydrogen) atoms. The molecule has 3 aromatic rings. The average molecular weight is 367 g/mol. The van der Waals surface area contributed by atoms with Gasteiger partial charge in [-0.25, -0.2) is 0 Å². The summed E-state index contributed by atoms with van der Waals surface area (Å²) in [7, 11) is 0. The molecule has 0 saturated carbocycles. The van der Waals surface area contributed by atoms with Crippen molar-refractivity contribution in [3.8, 4) is 0 Å². The van der Waals surface area contributed by atoms with Crippen LogP contribution in [-0.4, -0.2) is 18.9 Å². The van der Waals surface area contributed by atoms with Crippen LogP contribution < -0.4 is 0 Å². The fourth-order valence-corrected chi connectivity index (χ4v) is 1.84. The summed E-state index contributed by atoms with van der Waals surface area (Å²) < 4.78 is 0. The van der Waals surface area contributed by atoms with E-state index in [1.54, 1.807) is 36.4 Å². The quantitative estimate of drug-likeness (QED) is 0.578. The molecule has 0 bridgehead atoms. The Labute approximate surface area is 158 Å². The van der Waals surface area contributed by atoms with E-state index < -0.39 is 0 Å². The second-order valence-corrected chi connectivity index (χ2v) is 5.66. The number of carbonyl (C=O) groups is 3. The highest BCUT2D eigenvalue weighted by atomic mass is 35.5. The van der Waals surface area contributed by atoms with Crippen molar-refractivity contribution in [2.45, 2.75) is 6.92 Å². The first-order chi connectivity index (χ1) is 12.6. The van der Waals surface area contributed by atoms with Crippen molar-refractivity contribution in [1.82, 2.24) is 0 Å². The Morgan fingerprint density at radius 2 is 0.962 bits per heavy atom. The van der Waals surface area contributed by atoms with Crippen LogP contribution in [0.4, 0.5) is 0 Å². The number of hydrogen-bond donors (Lipinski definition) is 0. The van der Waals surface area contributed by atoms with Gasteiger partial charge < -0.3 is 0 Å². The summed E-state index contributed by atoms with van der Waals surface area (Å²) in [6.45, 7) is 1.99. The molecule has 0 fully saturated rings. The van der Waals surface area contributed by atoms with Crippen molar-refractivity contribution in [1.29, 1.82) is 0 Å². The van der Waals surface area contributed by atoms with E-state index in [1.165, 1.54) is 5.56 Å². The summed E-state index contributed by atoms with van der Waals surface area (Å²) in [6, 6.07) is 23.3. The molecule has 3 aromatic carbocycles. The minimum absolute atomic E-state index is 0.652. The van der Waals surface area contributed by atoms with E-state index in [9.17, 15) is 14.4 Å². The Balaban J connectivity index is 0.000000195. The summed E-state index contributed by atoms with van der Waals surface area (Å²) in [4.78, 5) is 30.2. The molecule has 0 amide bonds. The van der Waals surface area contributed by atoms with Gasteiger partial charge in [-0.15, -0.1) is 0 Å². The molecule has 0 aliphatic carbocycles. The topological polar surface area (TPSA) is 51.2 Å². The molecule has 0 atom stereocenters. The number of hydrogen-bond acceptors (Lipinski definition) is 3. The molecular formula is C22H19ClO3. The Morgan fingerprint density at radius 3 is 1.35 bits per heavy atom. The molecule has 0 spiro atoms. The van der Waals surface area contributed by atoms with Gasteiger partial charge in [0, 0.05) is 21.7 Å². The van der Waals surface area contributed by atoms with Crippen LogP contribution in [0.3, 0.4) is 0 Å². The molecule has 4 heteroatoms. The van der Waals surface area contributed by atoms with Gasteiger partial charge in [0.15, 0.2) is 0 Å². The van der Waals surface area contributed by atoms with Crippen molar-refractivity contribution in [3.05, 3.63) is 106 Å². The van der Waals surface area contributed by atoms with Gasteiger partial charge in [0.25, 0.3) is 0 Å². The summed E-state index contributed by atoms with van der Waals surface area (Å²) in [6.07, 6.45) is 2.47. The fraction of sp³-hybridized carbons (Fsp3) is 0.0455. The highest BCUT2D eigenvalue weighted by Crippen LogP contribution is 2.07. The highest BCUT2D eigenvalue weighted by molar-refractivity contribution is 6.30. The number of rotatable bonds is 3. The van der Waals surface area contributed by atoms with E-state index in [-0.39, 0.29) is 0 Å². The molecule has 0 aliphatic rings. The van der Waals surface area contributed by atoms with Gasteiger partial charge in [-0.2, -0.15) is 0 Å². The lowest BCUT2D eigenvalue weighted by molar-refractivity contribution is 0.111. The van der Waals surface area contributed by atoms with Gasteiger partial charge >= 0.3 is 0 Å². The zero-order chi connectivity index (χ0) is 19.2. The summed E-state index contributed by atoms with van der Waals surface area (Å²) in [5, 5.41) is 0.653. The van der Waals surface area contributed by atoms with Crippen molar-refractivity contribution in [3.63, 3.8) is 0 Å². The maximum absolute atomic E-state index is 10.1. The second kappa shape index (κ2) is 12.3. The zero-order valence-corrected chi connectivity index (χ0v) is 15.1. The monoisotopic (exact) mass is 366 g/mol. The summed E-state index contributed by atoms with van der Waals surface area (Å²) >= 11 is 5.55. The van der Waals surface area contributed by atoms with Crippen LogP contribution in [0.15, 0.2) is 78.9 Å². The minimum atomic E-state index is 0.652.